The zero-order valence-corrected chi connectivity index (χ0v) is 8.81. The van der Waals surface area contributed by atoms with Gasteiger partial charge in [0.25, 0.3) is 5.71 Å². The van der Waals surface area contributed by atoms with Crippen LogP contribution < -0.4 is 10.6 Å². The molecule has 0 saturated carbocycles. The highest BCUT2D eigenvalue weighted by atomic mass is 16.5. The average molecular weight is 219 g/mol. The van der Waals surface area contributed by atoms with Crippen LogP contribution in [0.2, 0.25) is 0 Å². The van der Waals surface area contributed by atoms with Crippen LogP contribution in [0.1, 0.15) is 12.8 Å². The van der Waals surface area contributed by atoms with Crippen LogP contribution in [0, 0.1) is 0 Å². The number of hydrogen-bond donors (Lipinski definition) is 2. The molecule has 0 aromatic carbocycles. The molecule has 2 N–H and O–H groups in total. The molecule has 2 aromatic rings. The molecule has 3 rings (SSSR count). The van der Waals surface area contributed by atoms with E-state index in [0.717, 1.165) is 24.3 Å². The fourth-order valence-electron chi connectivity index (χ4n) is 1.99. The summed E-state index contributed by atoms with van der Waals surface area (Å²) in [6.45, 7) is 1.98. The molecule has 3 heterocycles. The van der Waals surface area contributed by atoms with Gasteiger partial charge in [0.15, 0.2) is 0 Å². The molecule has 84 valence electrons. The molecule has 1 unspecified atom stereocenters. The normalized spacial score (nSPS) is 20.4. The summed E-state index contributed by atoms with van der Waals surface area (Å²) in [4.78, 5) is 8.18. The van der Waals surface area contributed by atoms with Crippen LogP contribution in [0.15, 0.2) is 17.0 Å². The van der Waals surface area contributed by atoms with Gasteiger partial charge in [0, 0.05) is 12.6 Å². The Morgan fingerprint density at radius 2 is 2.50 bits per heavy atom. The van der Waals surface area contributed by atoms with Crippen molar-refractivity contribution in [1.29, 1.82) is 0 Å². The molecule has 0 spiro atoms. The van der Waals surface area contributed by atoms with Crippen molar-refractivity contribution in [3.05, 3.63) is 12.5 Å². The molecule has 1 fully saturated rings. The molecular formula is C10H13N5O. The van der Waals surface area contributed by atoms with Gasteiger partial charge < -0.3 is 15.2 Å². The van der Waals surface area contributed by atoms with E-state index in [9.17, 15) is 0 Å². The summed E-state index contributed by atoms with van der Waals surface area (Å²) in [6, 6.07) is 0.532. The second-order valence-corrected chi connectivity index (χ2v) is 3.94. The SMILES string of the molecule is c1nc(NCC2CCCN2)c2cnoc2n1. The van der Waals surface area contributed by atoms with Crippen LogP contribution in [-0.4, -0.2) is 34.3 Å². The summed E-state index contributed by atoms with van der Waals surface area (Å²) in [7, 11) is 0. The van der Waals surface area contributed by atoms with E-state index in [4.69, 9.17) is 4.52 Å². The minimum absolute atomic E-state index is 0.525. The van der Waals surface area contributed by atoms with Crippen LogP contribution in [0.5, 0.6) is 0 Å². The molecule has 16 heavy (non-hydrogen) atoms. The Morgan fingerprint density at radius 1 is 1.50 bits per heavy atom. The molecule has 0 bridgehead atoms. The fourth-order valence-corrected chi connectivity index (χ4v) is 1.99. The first-order chi connectivity index (χ1) is 7.93. The van der Waals surface area contributed by atoms with E-state index in [1.807, 2.05) is 0 Å². The Balaban J connectivity index is 1.75. The molecule has 0 aliphatic carbocycles. The first-order valence-electron chi connectivity index (χ1n) is 5.46. The van der Waals surface area contributed by atoms with E-state index < -0.39 is 0 Å². The van der Waals surface area contributed by atoms with Crippen molar-refractivity contribution in [3.63, 3.8) is 0 Å². The summed E-state index contributed by atoms with van der Waals surface area (Å²) >= 11 is 0. The minimum atomic E-state index is 0.525. The zero-order valence-electron chi connectivity index (χ0n) is 8.81. The molecule has 1 saturated heterocycles. The van der Waals surface area contributed by atoms with Crippen molar-refractivity contribution >= 4 is 16.9 Å². The maximum atomic E-state index is 4.97. The number of hydrogen-bond acceptors (Lipinski definition) is 6. The third-order valence-electron chi connectivity index (χ3n) is 2.85. The quantitative estimate of drug-likeness (QED) is 0.794. The molecule has 1 aliphatic heterocycles. The Hall–Kier alpha value is -1.69. The number of anilines is 1. The molecule has 1 aliphatic rings. The molecule has 6 heteroatoms. The first kappa shape index (κ1) is 9.53. The highest BCUT2D eigenvalue weighted by Gasteiger charge is 2.14. The summed E-state index contributed by atoms with van der Waals surface area (Å²) in [6.07, 6.45) is 5.58. The number of aromatic nitrogens is 3. The van der Waals surface area contributed by atoms with Gasteiger partial charge in [-0.25, -0.2) is 4.98 Å². The van der Waals surface area contributed by atoms with Crippen LogP contribution in [0.4, 0.5) is 5.82 Å². The predicted molar refractivity (Wildman–Crippen MR) is 59.1 cm³/mol. The smallest absolute Gasteiger partial charge is 0.262 e. The van der Waals surface area contributed by atoms with Crippen LogP contribution in [0.3, 0.4) is 0 Å². The van der Waals surface area contributed by atoms with Gasteiger partial charge >= 0.3 is 0 Å². The Kier molecular flexibility index (Phi) is 2.41. The van der Waals surface area contributed by atoms with Gasteiger partial charge in [-0.1, -0.05) is 5.16 Å². The Bertz CT molecular complexity index is 477. The van der Waals surface area contributed by atoms with Gasteiger partial charge in [-0.2, -0.15) is 4.98 Å². The van der Waals surface area contributed by atoms with E-state index in [-0.39, 0.29) is 0 Å². The van der Waals surface area contributed by atoms with E-state index in [1.165, 1.54) is 19.2 Å². The number of nitrogens with zero attached hydrogens (tertiary/aromatic N) is 3. The largest absolute Gasteiger partial charge is 0.368 e. The fraction of sp³-hybridized carbons (Fsp3) is 0.500. The summed E-state index contributed by atoms with van der Waals surface area (Å²) in [5, 5.41) is 11.3. The lowest BCUT2D eigenvalue weighted by atomic mass is 10.2. The number of nitrogens with one attached hydrogen (secondary N) is 2. The van der Waals surface area contributed by atoms with Crippen LogP contribution >= 0.6 is 0 Å². The van der Waals surface area contributed by atoms with Crippen molar-refractivity contribution in [1.82, 2.24) is 20.4 Å². The van der Waals surface area contributed by atoms with Crippen molar-refractivity contribution in [2.45, 2.75) is 18.9 Å². The van der Waals surface area contributed by atoms with E-state index in [0.29, 0.717) is 11.8 Å². The van der Waals surface area contributed by atoms with Gasteiger partial charge in [0.2, 0.25) is 0 Å². The lowest BCUT2D eigenvalue weighted by molar-refractivity contribution is 0.448. The average Bonchev–Trinajstić information content (AvgIpc) is 2.97. The molecular weight excluding hydrogens is 206 g/mol. The Morgan fingerprint density at radius 3 is 3.38 bits per heavy atom. The minimum Gasteiger partial charge on any atom is -0.368 e. The highest BCUT2D eigenvalue weighted by Crippen LogP contribution is 2.18. The van der Waals surface area contributed by atoms with Crippen molar-refractivity contribution in [3.8, 4) is 0 Å². The molecule has 0 amide bonds. The maximum Gasteiger partial charge on any atom is 0.262 e. The van der Waals surface area contributed by atoms with Gasteiger partial charge in [0.05, 0.1) is 6.20 Å². The van der Waals surface area contributed by atoms with Crippen LogP contribution in [-0.2, 0) is 0 Å². The van der Waals surface area contributed by atoms with Gasteiger partial charge in [-0.3, -0.25) is 0 Å². The second kappa shape index (κ2) is 4.05. The van der Waals surface area contributed by atoms with Crippen molar-refractivity contribution in [2.24, 2.45) is 0 Å². The van der Waals surface area contributed by atoms with Crippen molar-refractivity contribution < 1.29 is 4.52 Å². The first-order valence-corrected chi connectivity index (χ1v) is 5.46. The third-order valence-corrected chi connectivity index (χ3v) is 2.85. The van der Waals surface area contributed by atoms with Gasteiger partial charge in [-0.15, -0.1) is 0 Å². The lowest BCUT2D eigenvalue weighted by Crippen LogP contribution is -2.29. The summed E-state index contributed by atoms with van der Waals surface area (Å²) < 4.78 is 4.97. The van der Waals surface area contributed by atoms with Gasteiger partial charge in [0.1, 0.15) is 17.5 Å². The van der Waals surface area contributed by atoms with E-state index in [1.54, 1.807) is 6.20 Å². The summed E-state index contributed by atoms with van der Waals surface area (Å²) in [5.74, 6) is 0.792. The maximum absolute atomic E-state index is 4.97. The lowest BCUT2D eigenvalue weighted by Gasteiger charge is -2.11. The predicted octanol–water partition coefficient (Wildman–Crippen LogP) is 0.782. The molecule has 6 nitrogen and oxygen atoms in total. The Labute approximate surface area is 92.4 Å². The topological polar surface area (TPSA) is 75.9 Å². The standard InChI is InChI=1S/C10H13N5O/c1-2-7(11-3-1)4-12-9-8-5-15-16-10(8)14-6-13-9/h5-7,11H,1-4H2,(H,12,13,14). The highest BCUT2D eigenvalue weighted by molar-refractivity contribution is 5.84. The number of rotatable bonds is 3. The monoisotopic (exact) mass is 219 g/mol. The second-order valence-electron chi connectivity index (χ2n) is 3.94. The van der Waals surface area contributed by atoms with Crippen molar-refractivity contribution in [2.75, 3.05) is 18.4 Å². The van der Waals surface area contributed by atoms with Gasteiger partial charge in [-0.05, 0) is 19.4 Å². The third kappa shape index (κ3) is 1.71. The summed E-state index contributed by atoms with van der Waals surface area (Å²) in [5.41, 5.74) is 0.525. The zero-order chi connectivity index (χ0) is 10.8. The van der Waals surface area contributed by atoms with Crippen LogP contribution in [0.25, 0.3) is 11.1 Å². The van der Waals surface area contributed by atoms with E-state index >= 15 is 0 Å². The number of fused-ring (bicyclic) bond motifs is 1. The molecule has 1 atom stereocenters. The van der Waals surface area contributed by atoms with E-state index in [2.05, 4.69) is 25.8 Å². The molecule has 0 radical (unpaired) electrons. The molecule has 2 aromatic heterocycles.